The summed E-state index contributed by atoms with van der Waals surface area (Å²) in [7, 11) is 1.53. The number of methoxy groups -OCH3 is 1. The van der Waals surface area contributed by atoms with E-state index in [2.05, 4.69) is 43.9 Å². The van der Waals surface area contributed by atoms with Gasteiger partial charge in [0.05, 0.1) is 67.0 Å². The summed E-state index contributed by atoms with van der Waals surface area (Å²) in [5, 5.41) is 12.3. The Balaban J connectivity index is 1.29. The first-order valence-corrected chi connectivity index (χ1v) is 23.1. The van der Waals surface area contributed by atoms with Gasteiger partial charge in [-0.1, -0.05) is 91.5 Å². The van der Waals surface area contributed by atoms with Gasteiger partial charge >= 0.3 is 0 Å². The van der Waals surface area contributed by atoms with E-state index in [1.165, 1.54) is 14.0 Å². The first-order chi connectivity index (χ1) is 30.0. The molecule has 5 heterocycles. The van der Waals surface area contributed by atoms with Gasteiger partial charge in [-0.15, -0.1) is 0 Å². The van der Waals surface area contributed by atoms with Crippen LogP contribution in [-0.4, -0.2) is 117 Å². The van der Waals surface area contributed by atoms with E-state index in [-0.39, 0.29) is 59.4 Å². The van der Waals surface area contributed by atoms with E-state index in [0.29, 0.717) is 12.8 Å². The van der Waals surface area contributed by atoms with E-state index in [9.17, 15) is 21.4 Å². The molecule has 5 fully saturated rings. The lowest BCUT2D eigenvalue weighted by Crippen LogP contribution is -2.61. The summed E-state index contributed by atoms with van der Waals surface area (Å²) in [6.45, 7) is 25.6. The average Bonchev–Trinajstić information content (AvgIpc) is 3.26. The quantitative estimate of drug-likeness (QED) is 0.0803. The second-order valence-electron chi connectivity index (χ2n) is 18.7. The zero-order valence-corrected chi connectivity index (χ0v) is 39.6. The van der Waals surface area contributed by atoms with Crippen LogP contribution in [0.3, 0.4) is 0 Å². The van der Waals surface area contributed by atoms with Gasteiger partial charge in [0, 0.05) is 33.7 Å². The van der Waals surface area contributed by atoms with Crippen LogP contribution in [0.1, 0.15) is 109 Å². The largest absolute Gasteiger partial charge is 0.355 e. The SMILES string of the molecule is CCC1O[C@H](OC)C(N=[N+]=[N-])[C@@H](C)[C@@H]1O[C@@H]1OC(C)[C@@H](O[C@H]2O[C@@H](CC)[C@@H](O[C@@H]3O[C@@H](C(C)=O)[C@@H](O[C@H]4O[C@@H](CC)[C@@H](C)[C@H](C)C4N=[N+]=[N-])[C@H](C)C3C)[C@H](C)C2N=[N+]=[N-])[C@H](C)C1C. The van der Waals surface area contributed by atoms with Crippen molar-refractivity contribution < 1.29 is 52.2 Å². The molecule has 0 spiro atoms. The standard InChI is InChI=1S/C43H73N9O11/c1-15-28-18(4)19(5)31(47-50-44)42(56-28)62-37-21(7)23(9)40(63-38(37)26(12)53)61-36-25(11)33(49-52-46)43(58-30(36)17-3)59-34-20(6)22(8)39(55-27(34)13)60-35-24(10)32(48-51-45)41(54-14)57-29(35)16-2/h18-25,27-43H,15-17H2,1-14H3/t18-,19-,20+,21+,22?,23?,24+,25+,27?,28-,29?,30-,31?,32?,33?,34-,35-,36-,37-,38-,39-,40+,41-,42+,43+/m0/s1. The number of carbonyl (C=O) groups excluding carboxylic acids is 1. The minimum Gasteiger partial charge on any atom is -0.355 e. The van der Waals surface area contributed by atoms with Crippen molar-refractivity contribution in [2.45, 2.75) is 214 Å². The Morgan fingerprint density at radius 1 is 0.476 bits per heavy atom. The van der Waals surface area contributed by atoms with Gasteiger partial charge in [-0.05, 0) is 85.2 Å². The monoisotopic (exact) mass is 892 g/mol. The lowest BCUT2D eigenvalue weighted by atomic mass is 9.80. The first-order valence-electron chi connectivity index (χ1n) is 23.1. The minimum atomic E-state index is -0.990. The van der Waals surface area contributed by atoms with Crippen LogP contribution in [0.2, 0.25) is 0 Å². The molecule has 5 rings (SSSR count). The molecule has 20 heteroatoms. The van der Waals surface area contributed by atoms with E-state index in [1.807, 2.05) is 69.2 Å². The zero-order chi connectivity index (χ0) is 46.4. The molecule has 356 valence electrons. The van der Waals surface area contributed by atoms with Gasteiger partial charge in [0.2, 0.25) is 0 Å². The lowest BCUT2D eigenvalue weighted by molar-refractivity contribution is -0.353. The number of ether oxygens (including phenoxy) is 10. The number of hydrogen-bond donors (Lipinski definition) is 0. The number of hydrogen-bond acceptors (Lipinski definition) is 14. The molecule has 0 radical (unpaired) electrons. The number of azide groups is 3. The van der Waals surface area contributed by atoms with Crippen LogP contribution >= 0.6 is 0 Å². The molecule has 0 saturated carbocycles. The van der Waals surface area contributed by atoms with Gasteiger partial charge in [-0.2, -0.15) is 0 Å². The number of carbonyl (C=O) groups is 1. The van der Waals surface area contributed by atoms with Crippen LogP contribution in [-0.2, 0) is 52.2 Å². The van der Waals surface area contributed by atoms with Crippen molar-refractivity contribution >= 4 is 5.78 Å². The van der Waals surface area contributed by atoms with Crippen molar-refractivity contribution in [1.29, 1.82) is 0 Å². The second-order valence-corrected chi connectivity index (χ2v) is 18.7. The normalized spacial score (nSPS) is 47.9. The molecular formula is C43H73N9O11. The Bertz CT molecular complexity index is 1670. The first kappa shape index (κ1) is 51.2. The van der Waals surface area contributed by atoms with Crippen molar-refractivity contribution in [3.63, 3.8) is 0 Å². The summed E-state index contributed by atoms with van der Waals surface area (Å²) >= 11 is 0. The summed E-state index contributed by atoms with van der Waals surface area (Å²) in [6, 6.07) is -1.95. The Morgan fingerprint density at radius 3 is 1.33 bits per heavy atom. The Hall–Kier alpha value is -2.80. The van der Waals surface area contributed by atoms with Crippen molar-refractivity contribution in [3.05, 3.63) is 31.3 Å². The molecule has 0 aromatic rings. The third-order valence-electron chi connectivity index (χ3n) is 15.1. The molecule has 0 bridgehead atoms. The van der Waals surface area contributed by atoms with Gasteiger partial charge in [0.25, 0.3) is 0 Å². The van der Waals surface area contributed by atoms with Crippen molar-refractivity contribution in [2.75, 3.05) is 7.11 Å². The van der Waals surface area contributed by atoms with Crippen molar-refractivity contribution in [3.8, 4) is 0 Å². The Morgan fingerprint density at radius 2 is 0.873 bits per heavy atom. The molecule has 63 heavy (non-hydrogen) atoms. The molecule has 0 N–H and O–H groups in total. The number of rotatable bonds is 16. The fourth-order valence-electron chi connectivity index (χ4n) is 10.4. The van der Waals surface area contributed by atoms with Gasteiger partial charge < -0.3 is 47.4 Å². The molecule has 0 aromatic heterocycles. The highest BCUT2D eigenvalue weighted by atomic mass is 16.8. The molecule has 0 amide bonds. The maximum atomic E-state index is 13.3. The highest BCUT2D eigenvalue weighted by Crippen LogP contribution is 2.44. The van der Waals surface area contributed by atoms with Crippen molar-refractivity contribution in [2.24, 2.45) is 62.7 Å². The van der Waals surface area contributed by atoms with E-state index in [4.69, 9.17) is 47.4 Å². The lowest BCUT2D eigenvalue weighted by Gasteiger charge is -2.51. The smallest absolute Gasteiger partial charge is 0.167 e. The van der Waals surface area contributed by atoms with Gasteiger partial charge in [-0.3, -0.25) is 4.79 Å². The molecule has 25 atom stereocenters. The second kappa shape index (κ2) is 22.6. The van der Waals surface area contributed by atoms with Crippen LogP contribution in [0.5, 0.6) is 0 Å². The number of Topliss-reactive ketones (excluding diaryl/α,β-unsaturated/α-hetero) is 1. The zero-order valence-electron chi connectivity index (χ0n) is 39.6. The van der Waals surface area contributed by atoms with Gasteiger partial charge in [0.15, 0.2) is 37.2 Å². The summed E-state index contributed by atoms with van der Waals surface area (Å²) in [5.74, 6) is -1.45. The predicted octanol–water partition coefficient (Wildman–Crippen LogP) is 8.76. The summed E-state index contributed by atoms with van der Waals surface area (Å²) in [6.07, 6.45) is -6.45. The fraction of sp³-hybridized carbons (Fsp3) is 0.977. The molecule has 5 aliphatic heterocycles. The Labute approximate surface area is 372 Å². The molecule has 0 aromatic carbocycles. The Kier molecular flexibility index (Phi) is 18.4. The molecule has 5 aliphatic rings. The van der Waals surface area contributed by atoms with E-state index < -0.39 is 98.2 Å². The number of ketones is 1. The average molecular weight is 892 g/mol. The third kappa shape index (κ3) is 10.8. The van der Waals surface area contributed by atoms with Gasteiger partial charge in [0.1, 0.15) is 6.10 Å². The number of nitrogens with zero attached hydrogens (tertiary/aromatic N) is 9. The molecule has 20 nitrogen and oxygen atoms in total. The topological polar surface area (TPSA) is 256 Å². The predicted molar refractivity (Wildman–Crippen MR) is 229 cm³/mol. The molecular weight excluding hydrogens is 819 g/mol. The highest BCUT2D eigenvalue weighted by Gasteiger charge is 2.54. The summed E-state index contributed by atoms with van der Waals surface area (Å²) in [5.41, 5.74) is 28.6. The summed E-state index contributed by atoms with van der Waals surface area (Å²) < 4.78 is 64.8. The van der Waals surface area contributed by atoms with E-state index >= 15 is 0 Å². The van der Waals surface area contributed by atoms with Crippen LogP contribution in [0.4, 0.5) is 0 Å². The third-order valence-corrected chi connectivity index (χ3v) is 15.1. The van der Waals surface area contributed by atoms with Crippen LogP contribution in [0, 0.1) is 47.3 Å². The minimum absolute atomic E-state index is 0.0130. The molecule has 0 aliphatic carbocycles. The van der Waals surface area contributed by atoms with Crippen molar-refractivity contribution in [1.82, 2.24) is 0 Å². The fourth-order valence-corrected chi connectivity index (χ4v) is 10.4. The highest BCUT2D eigenvalue weighted by molar-refractivity contribution is 5.81. The van der Waals surface area contributed by atoms with Crippen LogP contribution < -0.4 is 0 Å². The summed E-state index contributed by atoms with van der Waals surface area (Å²) in [4.78, 5) is 22.7. The molecule has 7 unspecified atom stereocenters. The van der Waals surface area contributed by atoms with Crippen LogP contribution in [0.15, 0.2) is 15.3 Å². The van der Waals surface area contributed by atoms with E-state index in [0.717, 1.165) is 6.42 Å². The molecule has 5 saturated heterocycles. The van der Waals surface area contributed by atoms with Crippen LogP contribution in [0.25, 0.3) is 31.3 Å². The van der Waals surface area contributed by atoms with E-state index in [1.54, 1.807) is 0 Å². The van der Waals surface area contributed by atoms with Gasteiger partial charge in [-0.25, -0.2) is 0 Å². The maximum Gasteiger partial charge on any atom is 0.167 e. The maximum absolute atomic E-state index is 13.3.